The molecule has 0 amide bonds. The molecule has 0 unspecified atom stereocenters. The highest BCUT2D eigenvalue weighted by Gasteiger charge is 1.83. The lowest BCUT2D eigenvalue weighted by molar-refractivity contribution is -0.116. The van der Waals surface area contributed by atoms with Crippen LogP contribution in [0, 0.1) is 0 Å². The van der Waals surface area contributed by atoms with E-state index in [-0.39, 0.29) is 5.78 Å². The van der Waals surface area contributed by atoms with Crippen LogP contribution in [0.3, 0.4) is 0 Å². The number of Topliss-reactive ketones (excluding diaryl/α,β-unsaturated/α-hetero) is 1. The van der Waals surface area contributed by atoms with Crippen molar-refractivity contribution < 1.29 is 4.79 Å². The number of carbonyl (C=O) groups is 1. The van der Waals surface area contributed by atoms with Crippen LogP contribution in [0.4, 0.5) is 0 Å². The maximum Gasteiger partial charge on any atom is 0.133 e. The molecule has 0 saturated carbocycles. The van der Waals surface area contributed by atoms with E-state index >= 15 is 0 Å². The summed E-state index contributed by atoms with van der Waals surface area (Å²) >= 11 is 0. The van der Waals surface area contributed by atoms with E-state index in [1.165, 1.54) is 19.3 Å². The van der Waals surface area contributed by atoms with Crippen LogP contribution in [0.2, 0.25) is 0 Å². The van der Waals surface area contributed by atoms with Crippen LogP contribution < -0.4 is 0 Å². The SMILES string of the molecule is CCCCC=CCC=CCC(C)=O. The standard InChI is InChI=1S/C12H20O/c1-3-4-5-6-7-8-9-10-11-12(2)13/h6-7,9-10H,3-5,8,11H2,1-2H3. The van der Waals surface area contributed by atoms with E-state index in [0.29, 0.717) is 6.42 Å². The summed E-state index contributed by atoms with van der Waals surface area (Å²) in [5.74, 6) is 0.228. The third-order valence-corrected chi connectivity index (χ3v) is 1.74. The average Bonchev–Trinajstić information content (AvgIpc) is 2.09. The Labute approximate surface area is 81.5 Å². The molecule has 0 spiro atoms. The van der Waals surface area contributed by atoms with Crippen molar-refractivity contribution in [2.24, 2.45) is 0 Å². The molecule has 0 aliphatic rings. The number of carbonyl (C=O) groups excluding carboxylic acids is 1. The molecule has 0 rings (SSSR count). The number of hydrogen-bond acceptors (Lipinski definition) is 1. The van der Waals surface area contributed by atoms with E-state index in [0.717, 1.165) is 6.42 Å². The van der Waals surface area contributed by atoms with Gasteiger partial charge in [0.25, 0.3) is 0 Å². The van der Waals surface area contributed by atoms with E-state index in [9.17, 15) is 4.79 Å². The van der Waals surface area contributed by atoms with Crippen LogP contribution in [-0.4, -0.2) is 5.78 Å². The minimum Gasteiger partial charge on any atom is -0.300 e. The van der Waals surface area contributed by atoms with Gasteiger partial charge in [0.2, 0.25) is 0 Å². The molecule has 0 aromatic carbocycles. The van der Waals surface area contributed by atoms with Gasteiger partial charge in [0.05, 0.1) is 0 Å². The van der Waals surface area contributed by atoms with Gasteiger partial charge >= 0.3 is 0 Å². The van der Waals surface area contributed by atoms with Crippen molar-refractivity contribution in [2.75, 3.05) is 0 Å². The number of hydrogen-bond donors (Lipinski definition) is 0. The molecule has 0 N–H and O–H groups in total. The molecule has 0 fully saturated rings. The molecule has 0 aliphatic heterocycles. The topological polar surface area (TPSA) is 17.1 Å². The molecule has 0 bridgehead atoms. The number of allylic oxidation sites excluding steroid dienone is 4. The second kappa shape index (κ2) is 9.24. The molecular formula is C12H20O. The Hall–Kier alpha value is -0.850. The lowest BCUT2D eigenvalue weighted by Gasteiger charge is -1.87. The van der Waals surface area contributed by atoms with Crippen LogP contribution in [0.25, 0.3) is 0 Å². The molecule has 0 aromatic rings. The van der Waals surface area contributed by atoms with Crippen LogP contribution in [0.5, 0.6) is 0 Å². The van der Waals surface area contributed by atoms with Gasteiger partial charge in [-0.1, -0.05) is 44.1 Å². The fourth-order valence-electron chi connectivity index (χ4n) is 0.960. The minimum atomic E-state index is 0.228. The lowest BCUT2D eigenvalue weighted by atomic mass is 10.2. The Morgan fingerprint density at radius 2 is 1.85 bits per heavy atom. The van der Waals surface area contributed by atoms with Gasteiger partial charge in [-0.2, -0.15) is 0 Å². The highest BCUT2D eigenvalue weighted by atomic mass is 16.1. The fraction of sp³-hybridized carbons (Fsp3) is 0.583. The molecule has 1 nitrogen and oxygen atoms in total. The summed E-state index contributed by atoms with van der Waals surface area (Å²) < 4.78 is 0. The van der Waals surface area contributed by atoms with Crippen molar-refractivity contribution >= 4 is 5.78 Å². The largest absolute Gasteiger partial charge is 0.300 e. The van der Waals surface area contributed by atoms with Crippen molar-refractivity contribution in [2.45, 2.75) is 46.0 Å². The van der Waals surface area contributed by atoms with Crippen molar-refractivity contribution in [3.05, 3.63) is 24.3 Å². The Morgan fingerprint density at radius 3 is 2.46 bits per heavy atom. The summed E-state index contributed by atoms with van der Waals surface area (Å²) in [6.45, 7) is 3.81. The molecule has 0 atom stereocenters. The van der Waals surface area contributed by atoms with E-state index in [1.807, 2.05) is 12.2 Å². The van der Waals surface area contributed by atoms with Gasteiger partial charge in [0, 0.05) is 6.42 Å². The first-order chi connectivity index (χ1) is 6.27. The third kappa shape index (κ3) is 11.1. The summed E-state index contributed by atoms with van der Waals surface area (Å²) in [7, 11) is 0. The summed E-state index contributed by atoms with van der Waals surface area (Å²) in [6.07, 6.45) is 13.6. The number of rotatable bonds is 7. The lowest BCUT2D eigenvalue weighted by Crippen LogP contribution is -1.83. The van der Waals surface area contributed by atoms with E-state index in [1.54, 1.807) is 6.92 Å². The molecule has 74 valence electrons. The predicted molar refractivity (Wildman–Crippen MR) is 57.7 cm³/mol. The average molecular weight is 180 g/mol. The first kappa shape index (κ1) is 12.2. The smallest absolute Gasteiger partial charge is 0.133 e. The Kier molecular flexibility index (Phi) is 8.64. The van der Waals surface area contributed by atoms with Gasteiger partial charge in [-0.15, -0.1) is 0 Å². The maximum absolute atomic E-state index is 10.5. The van der Waals surface area contributed by atoms with E-state index < -0.39 is 0 Å². The molecular weight excluding hydrogens is 160 g/mol. The predicted octanol–water partition coefficient (Wildman–Crippen LogP) is 3.66. The molecule has 13 heavy (non-hydrogen) atoms. The number of ketones is 1. The quantitative estimate of drug-likeness (QED) is 0.431. The summed E-state index contributed by atoms with van der Waals surface area (Å²) in [6, 6.07) is 0. The van der Waals surface area contributed by atoms with Crippen molar-refractivity contribution in [3.63, 3.8) is 0 Å². The van der Waals surface area contributed by atoms with Crippen LogP contribution in [-0.2, 0) is 4.79 Å². The van der Waals surface area contributed by atoms with Gasteiger partial charge in [-0.3, -0.25) is 4.79 Å². The van der Waals surface area contributed by atoms with Crippen LogP contribution >= 0.6 is 0 Å². The zero-order valence-electron chi connectivity index (χ0n) is 8.75. The fourth-order valence-corrected chi connectivity index (χ4v) is 0.960. The van der Waals surface area contributed by atoms with Gasteiger partial charge < -0.3 is 0 Å². The summed E-state index contributed by atoms with van der Waals surface area (Å²) in [4.78, 5) is 10.5. The molecule has 0 heterocycles. The Bertz CT molecular complexity index is 178. The third-order valence-electron chi connectivity index (χ3n) is 1.74. The molecule has 1 heteroatoms. The van der Waals surface area contributed by atoms with Crippen molar-refractivity contribution in [3.8, 4) is 0 Å². The first-order valence-electron chi connectivity index (χ1n) is 5.06. The maximum atomic E-state index is 10.5. The normalized spacial score (nSPS) is 11.5. The van der Waals surface area contributed by atoms with Crippen molar-refractivity contribution in [1.82, 2.24) is 0 Å². The zero-order valence-corrected chi connectivity index (χ0v) is 8.75. The van der Waals surface area contributed by atoms with Gasteiger partial charge in [0.15, 0.2) is 0 Å². The van der Waals surface area contributed by atoms with Gasteiger partial charge in [0.1, 0.15) is 5.78 Å². The minimum absolute atomic E-state index is 0.228. The van der Waals surface area contributed by atoms with E-state index in [2.05, 4.69) is 19.1 Å². The van der Waals surface area contributed by atoms with Crippen LogP contribution in [0.15, 0.2) is 24.3 Å². The highest BCUT2D eigenvalue weighted by molar-refractivity contribution is 5.76. The molecule has 0 aliphatic carbocycles. The van der Waals surface area contributed by atoms with E-state index in [4.69, 9.17) is 0 Å². The summed E-state index contributed by atoms with van der Waals surface area (Å²) in [5.41, 5.74) is 0. The zero-order chi connectivity index (χ0) is 9.94. The van der Waals surface area contributed by atoms with Gasteiger partial charge in [-0.05, 0) is 19.8 Å². The monoisotopic (exact) mass is 180 g/mol. The molecule has 0 saturated heterocycles. The van der Waals surface area contributed by atoms with Crippen LogP contribution in [0.1, 0.15) is 46.0 Å². The van der Waals surface area contributed by atoms with Crippen molar-refractivity contribution in [1.29, 1.82) is 0 Å². The Balaban J connectivity index is 3.28. The second-order valence-electron chi connectivity index (χ2n) is 3.23. The number of unbranched alkanes of at least 4 members (excludes halogenated alkanes) is 2. The first-order valence-corrected chi connectivity index (χ1v) is 5.06. The molecule has 0 radical (unpaired) electrons. The van der Waals surface area contributed by atoms with Gasteiger partial charge in [-0.25, -0.2) is 0 Å². The second-order valence-corrected chi connectivity index (χ2v) is 3.23. The Morgan fingerprint density at radius 1 is 1.15 bits per heavy atom. The highest BCUT2D eigenvalue weighted by Crippen LogP contribution is 1.97. The molecule has 0 aromatic heterocycles. The summed E-state index contributed by atoms with van der Waals surface area (Å²) in [5, 5.41) is 0.